The summed E-state index contributed by atoms with van der Waals surface area (Å²) in [7, 11) is 0. The summed E-state index contributed by atoms with van der Waals surface area (Å²) in [5, 5.41) is 0. The van der Waals surface area contributed by atoms with Crippen molar-refractivity contribution in [1.82, 2.24) is 0 Å². The Hall–Kier alpha value is -0.870. The monoisotopic (exact) mass is 265 g/mol. The van der Waals surface area contributed by atoms with Crippen molar-refractivity contribution in [2.75, 3.05) is 6.61 Å². The fourth-order valence-electron chi connectivity index (χ4n) is 1.44. The van der Waals surface area contributed by atoms with Gasteiger partial charge in [0.25, 0.3) is 0 Å². The Kier molecular flexibility index (Phi) is 7.07. The third kappa shape index (κ3) is 4.48. The summed E-state index contributed by atoms with van der Waals surface area (Å²) in [4.78, 5) is 0. The highest BCUT2D eigenvalue weighted by atomic mass is 35.5. The van der Waals surface area contributed by atoms with Crippen LogP contribution < -0.4 is 10.5 Å². The number of benzene rings is 1. The number of halogens is 3. The van der Waals surface area contributed by atoms with E-state index in [1.165, 1.54) is 12.1 Å². The van der Waals surface area contributed by atoms with Crippen molar-refractivity contribution in [2.24, 2.45) is 5.73 Å². The Labute approximate surface area is 107 Å². The Bertz CT molecular complexity index is 361. The van der Waals surface area contributed by atoms with Gasteiger partial charge in [0.1, 0.15) is 0 Å². The van der Waals surface area contributed by atoms with Gasteiger partial charge in [0, 0.05) is 6.04 Å². The van der Waals surface area contributed by atoms with Crippen molar-refractivity contribution >= 4 is 12.4 Å². The predicted octanol–water partition coefficient (Wildman–Crippen LogP) is 3.07. The molecule has 1 aromatic carbocycles. The molecule has 0 heterocycles. The molecule has 0 bridgehead atoms. The molecule has 0 saturated heterocycles. The molecule has 0 fully saturated rings. The number of rotatable bonds is 5. The van der Waals surface area contributed by atoms with Gasteiger partial charge in [-0.2, -0.15) is 4.39 Å². The lowest BCUT2D eigenvalue weighted by Crippen LogP contribution is -2.21. The maximum Gasteiger partial charge on any atom is 0.200 e. The Morgan fingerprint density at radius 2 is 1.94 bits per heavy atom. The average Bonchev–Trinajstić information content (AvgIpc) is 2.25. The van der Waals surface area contributed by atoms with Crippen LogP contribution in [0, 0.1) is 11.6 Å². The summed E-state index contributed by atoms with van der Waals surface area (Å²) in [6.45, 7) is 3.98. The van der Waals surface area contributed by atoms with Gasteiger partial charge in [-0.05, 0) is 37.5 Å². The van der Waals surface area contributed by atoms with Crippen LogP contribution in [-0.4, -0.2) is 12.6 Å². The van der Waals surface area contributed by atoms with Crippen LogP contribution in [0.15, 0.2) is 12.1 Å². The van der Waals surface area contributed by atoms with Crippen LogP contribution in [0.5, 0.6) is 5.75 Å². The van der Waals surface area contributed by atoms with Crippen LogP contribution in [0.3, 0.4) is 0 Å². The van der Waals surface area contributed by atoms with Gasteiger partial charge in [-0.25, -0.2) is 4.39 Å². The van der Waals surface area contributed by atoms with E-state index in [1.807, 2.05) is 6.92 Å². The average molecular weight is 266 g/mol. The van der Waals surface area contributed by atoms with Gasteiger partial charge >= 0.3 is 0 Å². The molecule has 2 nitrogen and oxygen atoms in total. The van der Waals surface area contributed by atoms with Gasteiger partial charge in [0.05, 0.1) is 6.61 Å². The molecular weight excluding hydrogens is 248 g/mol. The lowest BCUT2D eigenvalue weighted by Gasteiger charge is -2.11. The fraction of sp³-hybridized carbons (Fsp3) is 0.500. The number of nitrogens with two attached hydrogens (primary N) is 1. The second-order valence-corrected chi connectivity index (χ2v) is 3.70. The maximum absolute atomic E-state index is 13.3. The molecule has 0 saturated carbocycles. The van der Waals surface area contributed by atoms with E-state index in [2.05, 4.69) is 0 Å². The largest absolute Gasteiger partial charge is 0.491 e. The minimum atomic E-state index is -0.935. The quantitative estimate of drug-likeness (QED) is 0.888. The second kappa shape index (κ2) is 7.45. The molecule has 2 N–H and O–H groups in total. The third-order valence-corrected chi connectivity index (χ3v) is 2.38. The zero-order valence-corrected chi connectivity index (χ0v) is 10.8. The first-order chi connectivity index (χ1) is 7.58. The van der Waals surface area contributed by atoms with Crippen molar-refractivity contribution < 1.29 is 13.5 Å². The first-order valence-electron chi connectivity index (χ1n) is 5.44. The summed E-state index contributed by atoms with van der Waals surface area (Å²) >= 11 is 0. The molecule has 5 heteroatoms. The van der Waals surface area contributed by atoms with E-state index >= 15 is 0 Å². The highest BCUT2D eigenvalue weighted by Gasteiger charge is 2.13. The first-order valence-corrected chi connectivity index (χ1v) is 5.44. The van der Waals surface area contributed by atoms with Crippen LogP contribution in [0.2, 0.25) is 0 Å². The number of hydrogen-bond acceptors (Lipinski definition) is 2. The molecule has 1 aromatic rings. The van der Waals surface area contributed by atoms with Crippen LogP contribution in [0.25, 0.3) is 0 Å². The Balaban J connectivity index is 0.00000256. The van der Waals surface area contributed by atoms with Crippen LogP contribution in [0.4, 0.5) is 8.78 Å². The second-order valence-electron chi connectivity index (χ2n) is 3.70. The molecule has 98 valence electrons. The molecule has 0 radical (unpaired) electrons. The molecule has 0 aliphatic rings. The molecule has 17 heavy (non-hydrogen) atoms. The van der Waals surface area contributed by atoms with Gasteiger partial charge in [-0.3, -0.25) is 0 Å². The normalized spacial score (nSPS) is 11.8. The van der Waals surface area contributed by atoms with Gasteiger partial charge in [0.2, 0.25) is 5.82 Å². The molecule has 1 rings (SSSR count). The lowest BCUT2D eigenvalue weighted by molar-refractivity contribution is 0.313. The van der Waals surface area contributed by atoms with E-state index in [-0.39, 0.29) is 24.2 Å². The minimum absolute atomic E-state index is 0. The van der Waals surface area contributed by atoms with Gasteiger partial charge in [0.15, 0.2) is 11.6 Å². The van der Waals surface area contributed by atoms with E-state index in [1.54, 1.807) is 6.92 Å². The van der Waals surface area contributed by atoms with Crippen molar-refractivity contribution in [1.29, 1.82) is 0 Å². The van der Waals surface area contributed by atoms with Crippen molar-refractivity contribution in [3.63, 3.8) is 0 Å². The molecule has 0 aliphatic heterocycles. The number of hydrogen-bond donors (Lipinski definition) is 1. The van der Waals surface area contributed by atoms with Crippen LogP contribution >= 0.6 is 12.4 Å². The van der Waals surface area contributed by atoms with Crippen LogP contribution in [0.1, 0.15) is 25.8 Å². The molecule has 0 aromatic heterocycles. The highest BCUT2D eigenvalue weighted by Crippen LogP contribution is 2.23. The topological polar surface area (TPSA) is 35.2 Å². The van der Waals surface area contributed by atoms with Gasteiger partial charge in [-0.15, -0.1) is 12.4 Å². The third-order valence-electron chi connectivity index (χ3n) is 2.38. The van der Waals surface area contributed by atoms with E-state index in [4.69, 9.17) is 10.5 Å². The van der Waals surface area contributed by atoms with Crippen molar-refractivity contribution in [3.8, 4) is 5.75 Å². The first kappa shape index (κ1) is 16.1. The van der Waals surface area contributed by atoms with E-state index < -0.39 is 11.6 Å². The van der Waals surface area contributed by atoms with E-state index in [0.29, 0.717) is 18.6 Å². The molecule has 0 spiro atoms. The molecule has 0 aliphatic carbocycles. The molecule has 0 amide bonds. The maximum atomic E-state index is 13.3. The van der Waals surface area contributed by atoms with Gasteiger partial charge < -0.3 is 10.5 Å². The zero-order chi connectivity index (χ0) is 12.1. The Morgan fingerprint density at radius 1 is 1.29 bits per heavy atom. The Morgan fingerprint density at radius 3 is 2.47 bits per heavy atom. The number of ether oxygens (including phenoxy) is 1. The molecule has 1 atom stereocenters. The predicted molar refractivity (Wildman–Crippen MR) is 66.7 cm³/mol. The van der Waals surface area contributed by atoms with Crippen LogP contribution in [-0.2, 0) is 6.42 Å². The smallest absolute Gasteiger partial charge is 0.200 e. The van der Waals surface area contributed by atoms with Gasteiger partial charge in [-0.1, -0.05) is 6.92 Å². The molecule has 1 unspecified atom stereocenters. The van der Waals surface area contributed by atoms with Crippen molar-refractivity contribution in [2.45, 2.75) is 32.7 Å². The standard InChI is InChI=1S/C12H17F2NO.ClH/c1-3-9(15)5-8-6-10(13)12(14)11(7-8)16-4-2;/h6-7,9H,3-5,15H2,1-2H3;1H. The SMILES string of the molecule is CCOc1cc(CC(N)CC)cc(F)c1F.Cl. The van der Waals surface area contributed by atoms with Crippen molar-refractivity contribution in [3.05, 3.63) is 29.3 Å². The van der Waals surface area contributed by atoms with E-state index in [0.717, 1.165) is 6.42 Å². The summed E-state index contributed by atoms with van der Waals surface area (Å²) in [5.74, 6) is -1.86. The zero-order valence-electron chi connectivity index (χ0n) is 10.0. The molecular formula is C12H18ClF2NO. The fourth-order valence-corrected chi connectivity index (χ4v) is 1.44. The van der Waals surface area contributed by atoms with E-state index in [9.17, 15) is 8.78 Å². The summed E-state index contributed by atoms with van der Waals surface area (Å²) < 4.78 is 31.5. The minimum Gasteiger partial charge on any atom is -0.491 e. The lowest BCUT2D eigenvalue weighted by atomic mass is 10.0. The summed E-state index contributed by atoms with van der Waals surface area (Å²) in [5.41, 5.74) is 6.42. The highest BCUT2D eigenvalue weighted by molar-refractivity contribution is 5.85. The summed E-state index contributed by atoms with van der Waals surface area (Å²) in [6.07, 6.45) is 1.32. The summed E-state index contributed by atoms with van der Waals surface area (Å²) in [6, 6.07) is 2.64.